The molecule has 0 aliphatic rings. The minimum absolute atomic E-state index is 0.0258. The smallest absolute Gasteiger partial charge is 0.118 e. The summed E-state index contributed by atoms with van der Waals surface area (Å²) in [6.07, 6.45) is 1.79. The molecular weight excluding hydrogens is 202 g/mol. The Bertz CT molecular complexity index is 330. The summed E-state index contributed by atoms with van der Waals surface area (Å²) in [5.74, 6) is 1.18. The molecule has 3 heteroatoms. The molecule has 3 nitrogen and oxygen atoms in total. The Morgan fingerprint density at radius 2 is 1.94 bits per heavy atom. The number of methoxy groups -OCH3 is 1. The number of hydrogen-bond donors (Lipinski definition) is 1. The number of benzene rings is 1. The normalized spacial score (nSPS) is 13.3. The van der Waals surface area contributed by atoms with Gasteiger partial charge in [0.05, 0.1) is 19.8 Å². The van der Waals surface area contributed by atoms with Crippen molar-refractivity contribution in [1.29, 1.82) is 0 Å². The van der Waals surface area contributed by atoms with E-state index in [9.17, 15) is 0 Å². The van der Waals surface area contributed by atoms with Crippen LogP contribution in [0.4, 0.5) is 0 Å². The second-order valence-corrected chi connectivity index (χ2v) is 4.05. The summed E-state index contributed by atoms with van der Waals surface area (Å²) in [4.78, 5) is 4.35. The van der Waals surface area contributed by atoms with E-state index in [-0.39, 0.29) is 12.6 Å². The summed E-state index contributed by atoms with van der Waals surface area (Å²) in [6.45, 7) is 4.18. The zero-order chi connectivity index (χ0) is 12.0. The molecule has 0 unspecified atom stereocenters. The summed E-state index contributed by atoms with van der Waals surface area (Å²) >= 11 is 0. The van der Waals surface area contributed by atoms with Crippen LogP contribution in [-0.4, -0.2) is 31.1 Å². The molecule has 0 aromatic heterocycles. The van der Waals surface area contributed by atoms with Crippen molar-refractivity contribution in [3.63, 3.8) is 0 Å². The standard InChI is InChI=1S/C13H19NO2/c1-10(2)13(9-15)14-8-11-4-6-12(16-3)7-5-11/h4-8,10,13,15H,9H2,1-3H3/t13-/m1/s1. The minimum atomic E-state index is -0.0258. The summed E-state index contributed by atoms with van der Waals surface area (Å²) < 4.78 is 5.07. The van der Waals surface area contributed by atoms with Gasteiger partial charge in [-0.3, -0.25) is 4.99 Å². The molecule has 1 rings (SSSR count). The third-order valence-electron chi connectivity index (χ3n) is 2.49. The first-order chi connectivity index (χ1) is 7.67. The number of rotatable bonds is 5. The van der Waals surface area contributed by atoms with Gasteiger partial charge >= 0.3 is 0 Å². The van der Waals surface area contributed by atoms with Crippen LogP contribution < -0.4 is 4.74 Å². The van der Waals surface area contributed by atoms with Gasteiger partial charge in [0, 0.05) is 6.21 Å². The number of hydrogen-bond acceptors (Lipinski definition) is 3. The molecule has 0 heterocycles. The van der Waals surface area contributed by atoms with Crippen LogP contribution in [0.2, 0.25) is 0 Å². The second kappa shape index (κ2) is 6.28. The molecule has 1 N–H and O–H groups in total. The van der Waals surface area contributed by atoms with Gasteiger partial charge in [0.25, 0.3) is 0 Å². The lowest BCUT2D eigenvalue weighted by molar-refractivity contribution is 0.240. The van der Waals surface area contributed by atoms with Gasteiger partial charge in [0.1, 0.15) is 5.75 Å². The van der Waals surface area contributed by atoms with Crippen LogP contribution in [0.5, 0.6) is 5.75 Å². The maximum absolute atomic E-state index is 9.12. The Kier molecular flexibility index (Phi) is 4.99. The van der Waals surface area contributed by atoms with Crippen LogP contribution in [0.15, 0.2) is 29.3 Å². The molecule has 16 heavy (non-hydrogen) atoms. The average molecular weight is 221 g/mol. The zero-order valence-corrected chi connectivity index (χ0v) is 10.1. The van der Waals surface area contributed by atoms with E-state index in [1.807, 2.05) is 38.1 Å². The van der Waals surface area contributed by atoms with Crippen LogP contribution in [0.25, 0.3) is 0 Å². The van der Waals surface area contributed by atoms with Crippen molar-refractivity contribution in [2.45, 2.75) is 19.9 Å². The first-order valence-electron chi connectivity index (χ1n) is 5.45. The maximum Gasteiger partial charge on any atom is 0.118 e. The van der Waals surface area contributed by atoms with Gasteiger partial charge in [0.15, 0.2) is 0 Å². The molecule has 1 atom stereocenters. The SMILES string of the molecule is COc1ccc(C=N[C@H](CO)C(C)C)cc1. The van der Waals surface area contributed by atoms with E-state index >= 15 is 0 Å². The highest BCUT2D eigenvalue weighted by Gasteiger charge is 2.08. The van der Waals surface area contributed by atoms with Crippen LogP contribution >= 0.6 is 0 Å². The lowest BCUT2D eigenvalue weighted by atomic mass is 10.1. The third kappa shape index (κ3) is 3.66. The Balaban J connectivity index is 2.67. The first-order valence-corrected chi connectivity index (χ1v) is 5.45. The molecule has 0 spiro atoms. The average Bonchev–Trinajstić information content (AvgIpc) is 2.30. The molecule has 0 amide bonds. The predicted molar refractivity (Wildman–Crippen MR) is 66.3 cm³/mol. The molecule has 0 aliphatic heterocycles. The third-order valence-corrected chi connectivity index (χ3v) is 2.49. The highest BCUT2D eigenvalue weighted by atomic mass is 16.5. The topological polar surface area (TPSA) is 41.8 Å². The van der Waals surface area contributed by atoms with Gasteiger partial charge in [-0.2, -0.15) is 0 Å². The highest BCUT2D eigenvalue weighted by molar-refractivity contribution is 5.79. The van der Waals surface area contributed by atoms with E-state index in [0.29, 0.717) is 5.92 Å². The Hall–Kier alpha value is -1.35. The Morgan fingerprint density at radius 1 is 1.31 bits per heavy atom. The molecule has 0 aliphatic carbocycles. The van der Waals surface area contributed by atoms with Crippen molar-refractivity contribution in [1.82, 2.24) is 0 Å². The van der Waals surface area contributed by atoms with E-state index in [0.717, 1.165) is 11.3 Å². The van der Waals surface area contributed by atoms with Crippen LogP contribution in [0.3, 0.4) is 0 Å². The Morgan fingerprint density at radius 3 is 2.38 bits per heavy atom. The molecule has 0 saturated heterocycles. The van der Waals surface area contributed by atoms with Gasteiger partial charge in [-0.25, -0.2) is 0 Å². The number of nitrogens with zero attached hydrogens (tertiary/aromatic N) is 1. The maximum atomic E-state index is 9.12. The van der Waals surface area contributed by atoms with Gasteiger partial charge in [-0.15, -0.1) is 0 Å². The second-order valence-electron chi connectivity index (χ2n) is 4.05. The molecule has 0 fully saturated rings. The molecule has 1 aromatic carbocycles. The molecule has 0 saturated carbocycles. The van der Waals surface area contributed by atoms with Crippen LogP contribution in [-0.2, 0) is 0 Å². The zero-order valence-electron chi connectivity index (χ0n) is 10.1. The molecule has 0 bridgehead atoms. The Labute approximate surface area is 96.8 Å². The lowest BCUT2D eigenvalue weighted by Crippen LogP contribution is -2.17. The van der Waals surface area contributed by atoms with Gasteiger partial charge in [-0.1, -0.05) is 13.8 Å². The van der Waals surface area contributed by atoms with Crippen LogP contribution in [0, 0.1) is 5.92 Å². The molecular formula is C13H19NO2. The van der Waals surface area contributed by atoms with Crippen molar-refractivity contribution in [2.24, 2.45) is 10.9 Å². The van der Waals surface area contributed by atoms with Gasteiger partial charge in [-0.05, 0) is 35.7 Å². The lowest BCUT2D eigenvalue weighted by Gasteiger charge is -2.12. The van der Waals surface area contributed by atoms with Gasteiger partial charge in [0.2, 0.25) is 0 Å². The number of ether oxygens (including phenoxy) is 1. The predicted octanol–water partition coefficient (Wildman–Crippen LogP) is 2.13. The van der Waals surface area contributed by atoms with E-state index in [4.69, 9.17) is 9.84 Å². The highest BCUT2D eigenvalue weighted by Crippen LogP contribution is 2.11. The van der Waals surface area contributed by atoms with E-state index < -0.39 is 0 Å². The van der Waals surface area contributed by atoms with Crippen molar-refractivity contribution < 1.29 is 9.84 Å². The molecule has 1 aromatic rings. The molecule has 88 valence electrons. The largest absolute Gasteiger partial charge is 0.497 e. The van der Waals surface area contributed by atoms with E-state index in [1.165, 1.54) is 0 Å². The quantitative estimate of drug-likeness (QED) is 0.774. The van der Waals surface area contributed by atoms with Crippen molar-refractivity contribution in [3.8, 4) is 5.75 Å². The summed E-state index contributed by atoms with van der Waals surface area (Å²) in [5.41, 5.74) is 1.01. The van der Waals surface area contributed by atoms with Crippen molar-refractivity contribution >= 4 is 6.21 Å². The summed E-state index contributed by atoms with van der Waals surface area (Å²) in [7, 11) is 1.64. The van der Waals surface area contributed by atoms with Crippen molar-refractivity contribution in [2.75, 3.05) is 13.7 Å². The molecule has 0 radical (unpaired) electrons. The van der Waals surface area contributed by atoms with E-state index in [2.05, 4.69) is 4.99 Å². The number of aliphatic hydroxyl groups is 1. The fourth-order valence-electron chi connectivity index (χ4n) is 1.30. The monoisotopic (exact) mass is 221 g/mol. The van der Waals surface area contributed by atoms with Crippen molar-refractivity contribution in [3.05, 3.63) is 29.8 Å². The first kappa shape index (κ1) is 12.7. The minimum Gasteiger partial charge on any atom is -0.497 e. The fourth-order valence-corrected chi connectivity index (χ4v) is 1.30. The fraction of sp³-hybridized carbons (Fsp3) is 0.462. The van der Waals surface area contributed by atoms with Crippen LogP contribution in [0.1, 0.15) is 19.4 Å². The van der Waals surface area contributed by atoms with Gasteiger partial charge < -0.3 is 9.84 Å². The number of aliphatic imine (C=N–C) groups is 1. The summed E-state index contributed by atoms with van der Waals surface area (Å²) in [5, 5.41) is 9.12. The number of aliphatic hydroxyl groups excluding tert-OH is 1. The summed E-state index contributed by atoms with van der Waals surface area (Å²) in [6, 6.07) is 7.64. The van der Waals surface area contributed by atoms with E-state index in [1.54, 1.807) is 13.3 Å².